The molecule has 1 aliphatic rings. The van der Waals surface area contributed by atoms with E-state index in [0.29, 0.717) is 36.0 Å². The van der Waals surface area contributed by atoms with Crippen LogP contribution < -0.4 is 14.8 Å². The highest BCUT2D eigenvalue weighted by atomic mass is 79.9. The number of carbonyl (C=O) groups is 1. The molecule has 1 N–H and O–H groups in total. The molecule has 178 valence electrons. The van der Waals surface area contributed by atoms with Crippen molar-refractivity contribution >= 4 is 72.1 Å². The average Bonchev–Trinajstić information content (AvgIpc) is 3.17. The Morgan fingerprint density at radius 3 is 2.49 bits per heavy atom. The summed E-state index contributed by atoms with van der Waals surface area (Å²) >= 11 is 8.26. The smallest absolute Gasteiger partial charge is 0.269 e. The molecule has 0 spiro atoms. The van der Waals surface area contributed by atoms with Crippen LogP contribution in [0, 0.1) is 10.1 Å². The molecule has 0 saturated carbocycles. The van der Waals surface area contributed by atoms with Crippen LogP contribution in [-0.2, 0) is 11.4 Å². The largest absolute Gasteiger partial charge is 0.497 e. The Morgan fingerprint density at radius 2 is 1.83 bits per heavy atom. The Balaban J connectivity index is 1.48. The van der Waals surface area contributed by atoms with Gasteiger partial charge in [0.15, 0.2) is 5.17 Å². The van der Waals surface area contributed by atoms with E-state index in [1.807, 2.05) is 12.1 Å². The lowest BCUT2D eigenvalue weighted by Gasteiger charge is -2.11. The fraction of sp³-hybridized carbons (Fsp3) is 0.0833. The molecule has 0 aromatic heterocycles. The number of amides is 1. The minimum absolute atomic E-state index is 0.00782. The van der Waals surface area contributed by atoms with Crippen LogP contribution in [0.3, 0.4) is 0 Å². The number of amidine groups is 1. The van der Waals surface area contributed by atoms with Crippen LogP contribution in [0.4, 0.5) is 11.4 Å². The summed E-state index contributed by atoms with van der Waals surface area (Å²) < 4.78 is 12.4. The summed E-state index contributed by atoms with van der Waals surface area (Å²) in [4.78, 5) is 28.0. The van der Waals surface area contributed by atoms with Gasteiger partial charge >= 0.3 is 0 Å². The van der Waals surface area contributed by atoms with Gasteiger partial charge in [-0.15, -0.1) is 0 Å². The lowest BCUT2D eigenvalue weighted by atomic mass is 10.2. The summed E-state index contributed by atoms with van der Waals surface area (Å²) in [7, 11) is 1.59. The van der Waals surface area contributed by atoms with E-state index in [1.54, 1.807) is 49.6 Å². The molecule has 1 aliphatic heterocycles. The second-order valence-electron chi connectivity index (χ2n) is 7.21. The van der Waals surface area contributed by atoms with Gasteiger partial charge in [-0.2, -0.15) is 0 Å². The van der Waals surface area contributed by atoms with Gasteiger partial charge in [-0.05, 0) is 97.2 Å². The van der Waals surface area contributed by atoms with Crippen LogP contribution in [0.1, 0.15) is 11.1 Å². The second kappa shape index (κ2) is 11.1. The lowest BCUT2D eigenvalue weighted by Crippen LogP contribution is -2.19. The Kier molecular flexibility index (Phi) is 7.89. The monoisotopic (exact) mass is 617 g/mol. The highest BCUT2D eigenvalue weighted by molar-refractivity contribution is 9.11. The van der Waals surface area contributed by atoms with Crippen molar-refractivity contribution in [2.45, 2.75) is 6.61 Å². The number of benzene rings is 3. The van der Waals surface area contributed by atoms with E-state index in [9.17, 15) is 14.9 Å². The number of nitro groups is 1. The van der Waals surface area contributed by atoms with Crippen molar-refractivity contribution in [3.05, 3.63) is 95.8 Å². The molecule has 1 amide bonds. The van der Waals surface area contributed by atoms with Gasteiger partial charge in [-0.1, -0.05) is 12.1 Å². The van der Waals surface area contributed by atoms with E-state index in [2.05, 4.69) is 42.2 Å². The van der Waals surface area contributed by atoms with Crippen molar-refractivity contribution in [2.75, 3.05) is 7.11 Å². The van der Waals surface area contributed by atoms with E-state index in [0.717, 1.165) is 11.3 Å². The van der Waals surface area contributed by atoms with Crippen LogP contribution in [0.25, 0.3) is 6.08 Å². The SMILES string of the molecule is COc1ccc(N=C2NC(=O)/C(=C\c3cc(Br)c(OCc4cccc([N+](=O)[O-])c4)c(Br)c3)S2)cc1. The Hall–Kier alpha value is -3.15. The Bertz CT molecular complexity index is 1340. The molecule has 8 nitrogen and oxygen atoms in total. The number of nitro benzene ring substituents is 1. The van der Waals surface area contributed by atoms with Gasteiger partial charge in [0, 0.05) is 12.1 Å². The van der Waals surface area contributed by atoms with E-state index < -0.39 is 4.92 Å². The van der Waals surface area contributed by atoms with Crippen LogP contribution in [0.2, 0.25) is 0 Å². The molecule has 0 aliphatic carbocycles. The molecule has 0 radical (unpaired) electrons. The summed E-state index contributed by atoms with van der Waals surface area (Å²) in [5.74, 6) is 1.04. The van der Waals surface area contributed by atoms with Gasteiger partial charge in [0.1, 0.15) is 18.1 Å². The van der Waals surface area contributed by atoms with Crippen molar-refractivity contribution < 1.29 is 19.2 Å². The highest BCUT2D eigenvalue weighted by Crippen LogP contribution is 2.37. The first-order valence-corrected chi connectivity index (χ1v) is 12.5. The summed E-state index contributed by atoms with van der Waals surface area (Å²) in [6, 6.07) is 17.1. The average molecular weight is 619 g/mol. The zero-order valence-corrected chi connectivity index (χ0v) is 22.1. The standard InChI is InChI=1S/C24H17Br2N3O5S/c1-33-18-7-5-16(6-8-18)27-24-28-23(30)21(35-24)12-15-10-19(25)22(20(26)11-15)34-13-14-3-2-4-17(9-14)29(31)32/h2-12H,13H2,1H3,(H,27,28,30)/b21-12+. The highest BCUT2D eigenvalue weighted by Gasteiger charge is 2.24. The van der Waals surface area contributed by atoms with Gasteiger partial charge in [-0.3, -0.25) is 14.9 Å². The second-order valence-corrected chi connectivity index (χ2v) is 9.95. The fourth-order valence-corrected chi connectivity index (χ4v) is 5.41. The van der Waals surface area contributed by atoms with Crippen LogP contribution >= 0.6 is 43.6 Å². The number of rotatable bonds is 7. The minimum atomic E-state index is -0.443. The van der Waals surface area contributed by atoms with Crippen LogP contribution in [-0.4, -0.2) is 23.1 Å². The summed E-state index contributed by atoms with van der Waals surface area (Å²) in [5.41, 5.74) is 2.15. The number of nitrogens with one attached hydrogen (secondary N) is 1. The fourth-order valence-electron chi connectivity index (χ4n) is 3.12. The molecule has 35 heavy (non-hydrogen) atoms. The molecular weight excluding hydrogens is 602 g/mol. The van der Waals surface area contributed by atoms with Crippen molar-refractivity contribution in [2.24, 2.45) is 4.99 Å². The van der Waals surface area contributed by atoms with Gasteiger partial charge in [0.25, 0.3) is 11.6 Å². The molecule has 0 bridgehead atoms. The van der Waals surface area contributed by atoms with E-state index in [4.69, 9.17) is 9.47 Å². The topological polar surface area (TPSA) is 103 Å². The van der Waals surface area contributed by atoms with Crippen molar-refractivity contribution in [1.82, 2.24) is 5.32 Å². The predicted molar refractivity (Wildman–Crippen MR) is 143 cm³/mol. The number of aliphatic imine (C=N–C) groups is 1. The molecule has 3 aromatic carbocycles. The normalized spacial score (nSPS) is 15.3. The number of ether oxygens (including phenoxy) is 2. The number of halogens is 2. The third-order valence-electron chi connectivity index (χ3n) is 4.78. The molecular formula is C24H17Br2N3O5S. The van der Waals surface area contributed by atoms with Crippen molar-refractivity contribution in [1.29, 1.82) is 0 Å². The molecule has 1 saturated heterocycles. The van der Waals surface area contributed by atoms with E-state index in [1.165, 1.54) is 23.9 Å². The minimum Gasteiger partial charge on any atom is -0.497 e. The van der Waals surface area contributed by atoms with Crippen molar-refractivity contribution in [3.63, 3.8) is 0 Å². The summed E-state index contributed by atoms with van der Waals surface area (Å²) in [5, 5.41) is 14.2. The van der Waals surface area contributed by atoms with E-state index >= 15 is 0 Å². The maximum absolute atomic E-state index is 12.5. The number of carbonyl (C=O) groups excluding carboxylic acids is 1. The van der Waals surface area contributed by atoms with Gasteiger partial charge in [0.2, 0.25) is 0 Å². The third-order valence-corrected chi connectivity index (χ3v) is 6.86. The Labute approximate surface area is 221 Å². The number of hydrogen-bond donors (Lipinski definition) is 1. The first-order valence-electron chi connectivity index (χ1n) is 10.1. The molecule has 0 unspecified atom stereocenters. The predicted octanol–water partition coefficient (Wildman–Crippen LogP) is 6.60. The molecule has 1 fully saturated rings. The molecule has 0 atom stereocenters. The first kappa shape index (κ1) is 25.0. The van der Waals surface area contributed by atoms with Gasteiger partial charge < -0.3 is 14.8 Å². The molecule has 1 heterocycles. The van der Waals surface area contributed by atoms with Crippen molar-refractivity contribution in [3.8, 4) is 11.5 Å². The molecule has 4 rings (SSSR count). The first-order chi connectivity index (χ1) is 16.8. The lowest BCUT2D eigenvalue weighted by molar-refractivity contribution is -0.384. The molecule has 3 aromatic rings. The Morgan fingerprint density at radius 1 is 1.11 bits per heavy atom. The number of hydrogen-bond acceptors (Lipinski definition) is 7. The number of thioether (sulfide) groups is 1. The van der Waals surface area contributed by atoms with Gasteiger partial charge in [0.05, 0.1) is 31.6 Å². The number of nitrogens with zero attached hydrogens (tertiary/aromatic N) is 2. The molecule has 11 heteroatoms. The van der Waals surface area contributed by atoms with Crippen LogP contribution in [0.15, 0.2) is 79.5 Å². The maximum atomic E-state index is 12.5. The zero-order chi connectivity index (χ0) is 24.9. The number of methoxy groups -OCH3 is 1. The quantitative estimate of drug-likeness (QED) is 0.182. The summed E-state index contributed by atoms with van der Waals surface area (Å²) in [6.07, 6.45) is 1.76. The maximum Gasteiger partial charge on any atom is 0.269 e. The van der Waals surface area contributed by atoms with Gasteiger partial charge in [-0.25, -0.2) is 4.99 Å². The van der Waals surface area contributed by atoms with Crippen LogP contribution in [0.5, 0.6) is 11.5 Å². The number of non-ortho nitro benzene ring substituents is 1. The third kappa shape index (κ3) is 6.30. The summed E-state index contributed by atoms with van der Waals surface area (Å²) in [6.45, 7) is 0.156. The van der Waals surface area contributed by atoms with E-state index in [-0.39, 0.29) is 18.2 Å². The zero-order valence-electron chi connectivity index (χ0n) is 18.2.